The zero-order valence-corrected chi connectivity index (χ0v) is 27.9. The van der Waals surface area contributed by atoms with Crippen LogP contribution in [-0.2, 0) is 20.4 Å². The molecule has 0 radical (unpaired) electrons. The molecule has 0 saturated carbocycles. The van der Waals surface area contributed by atoms with E-state index in [1.807, 2.05) is 0 Å². The Morgan fingerprint density at radius 2 is 0.378 bits per heavy atom. The summed E-state index contributed by atoms with van der Waals surface area (Å²) in [6.07, 6.45) is 0. The smallest absolute Gasteiger partial charge is 0.102 e. The first-order valence-electron chi connectivity index (χ1n) is 13.8. The first kappa shape index (κ1) is 36.7. The average molecular weight is 717 g/mol. The van der Waals surface area contributed by atoms with E-state index in [-0.39, 0.29) is 20.4 Å². The molecule has 0 unspecified atom stereocenters. The van der Waals surface area contributed by atoms with Gasteiger partial charge in [-0.2, -0.15) is 0 Å². The number of hydrogen-bond acceptors (Lipinski definition) is 0. The third-order valence-corrected chi connectivity index (χ3v) is 11.8. The van der Waals surface area contributed by atoms with Gasteiger partial charge in [-0.3, -0.25) is 9.82 Å². The van der Waals surface area contributed by atoms with Crippen molar-refractivity contribution in [3.8, 4) is 0 Å². The predicted octanol–water partition coefficient (Wildman–Crippen LogP) is 8.08. The molecule has 45 heavy (non-hydrogen) atoms. The third-order valence-electron chi connectivity index (χ3n) is 6.37. The molecule has 0 atom stereocenters. The van der Waals surface area contributed by atoms with Crippen LogP contribution in [0, 0.1) is 0 Å². The van der Waals surface area contributed by atoms with E-state index in [2.05, 4.69) is 182 Å². The van der Waals surface area contributed by atoms with Crippen LogP contribution in [0.4, 0.5) is 0 Å². The maximum atomic E-state index is 6.75. The minimum atomic E-state index is -0.877. The largest absolute Gasteiger partial charge is 0.373 e. The van der Waals surface area contributed by atoms with Crippen molar-refractivity contribution in [1.82, 2.24) is 0 Å². The van der Waals surface area contributed by atoms with E-state index in [4.69, 9.17) is 22.1 Å². The van der Waals surface area contributed by atoms with Crippen molar-refractivity contribution in [2.24, 2.45) is 0 Å². The molecule has 6 aromatic rings. The van der Waals surface area contributed by atoms with E-state index in [0.29, 0.717) is 0 Å². The molecule has 6 aromatic carbocycles. The molecule has 0 aliphatic heterocycles. The summed E-state index contributed by atoms with van der Waals surface area (Å²) in [5, 5.41) is 8.61. The maximum Gasteiger partial charge on any atom is 0.102 e. The zero-order chi connectivity index (χ0) is 31.2. The second-order valence-electron chi connectivity index (χ2n) is 9.13. The summed E-state index contributed by atoms with van der Waals surface area (Å²) in [4.78, 5) is 3.00. The maximum absolute atomic E-state index is 6.75. The zero-order valence-electron chi connectivity index (χ0n) is 24.3. The SMILES string of the molecule is [N-]=[N+]=[N-].[N-]=[N+]=[N-].[Pd].c1ccc([PH+](c2ccccc2)c2ccccc2)cc1.c1ccc([PH+](c2ccccc2)c2ccccc2)cc1. The number of nitrogens with zero attached hydrogens (tertiary/aromatic N) is 6. The van der Waals surface area contributed by atoms with Gasteiger partial charge in [-0.1, -0.05) is 109 Å². The van der Waals surface area contributed by atoms with Crippen molar-refractivity contribution < 1.29 is 20.4 Å². The first-order valence-corrected chi connectivity index (χ1v) is 16.8. The van der Waals surface area contributed by atoms with Crippen molar-refractivity contribution >= 4 is 47.7 Å². The second-order valence-corrected chi connectivity index (χ2v) is 14.1. The van der Waals surface area contributed by atoms with Crippen LogP contribution in [-0.4, -0.2) is 0 Å². The minimum absolute atomic E-state index is 0. The van der Waals surface area contributed by atoms with Crippen LogP contribution in [0.3, 0.4) is 0 Å². The van der Waals surface area contributed by atoms with Crippen LogP contribution >= 0.6 is 15.8 Å². The van der Waals surface area contributed by atoms with Crippen molar-refractivity contribution in [2.75, 3.05) is 0 Å². The molecule has 9 heteroatoms. The van der Waals surface area contributed by atoms with Gasteiger partial charge >= 0.3 is 0 Å². The summed E-state index contributed by atoms with van der Waals surface area (Å²) in [5.74, 6) is 0. The van der Waals surface area contributed by atoms with Crippen LogP contribution in [0.15, 0.2) is 182 Å². The molecular formula is C36H32N6P2Pd. The van der Waals surface area contributed by atoms with E-state index in [1.165, 1.54) is 41.7 Å². The summed E-state index contributed by atoms with van der Waals surface area (Å²) in [6.45, 7) is 0. The van der Waals surface area contributed by atoms with Gasteiger partial charge in [0.05, 0.1) is 15.8 Å². The van der Waals surface area contributed by atoms with Gasteiger partial charge in [0.25, 0.3) is 0 Å². The van der Waals surface area contributed by atoms with E-state index >= 15 is 0 Å². The molecule has 0 fully saturated rings. The first-order chi connectivity index (χ1) is 21.7. The Bertz CT molecular complexity index is 1370. The van der Waals surface area contributed by atoms with E-state index in [9.17, 15) is 0 Å². The van der Waals surface area contributed by atoms with E-state index in [1.54, 1.807) is 0 Å². The van der Waals surface area contributed by atoms with Crippen molar-refractivity contribution in [3.05, 3.63) is 214 Å². The van der Waals surface area contributed by atoms with Crippen LogP contribution in [0.2, 0.25) is 0 Å². The van der Waals surface area contributed by atoms with E-state index in [0.717, 1.165) is 0 Å². The van der Waals surface area contributed by atoms with Crippen LogP contribution in [0.25, 0.3) is 31.9 Å². The van der Waals surface area contributed by atoms with Gasteiger partial charge in [0.1, 0.15) is 31.8 Å². The molecule has 0 aromatic heterocycles. The minimum Gasteiger partial charge on any atom is -0.373 e. The van der Waals surface area contributed by atoms with E-state index < -0.39 is 15.8 Å². The number of rotatable bonds is 6. The van der Waals surface area contributed by atoms with Gasteiger partial charge in [-0.15, -0.1) is 0 Å². The Balaban J connectivity index is 0.000000262. The fourth-order valence-electron chi connectivity index (χ4n) is 4.63. The van der Waals surface area contributed by atoms with Gasteiger partial charge < -0.3 is 22.1 Å². The van der Waals surface area contributed by atoms with Gasteiger partial charge in [0.15, 0.2) is 0 Å². The molecule has 6 nitrogen and oxygen atoms in total. The normalized spacial score (nSPS) is 9.29. The van der Waals surface area contributed by atoms with Gasteiger partial charge in [-0.25, -0.2) is 0 Å². The molecule has 0 heterocycles. The van der Waals surface area contributed by atoms with Gasteiger partial charge in [-0.05, 0) is 72.8 Å². The molecule has 0 amide bonds. The monoisotopic (exact) mass is 716 g/mol. The Morgan fingerprint density at radius 1 is 0.267 bits per heavy atom. The molecule has 226 valence electrons. The van der Waals surface area contributed by atoms with Crippen LogP contribution < -0.4 is 31.8 Å². The average Bonchev–Trinajstić information content (AvgIpc) is 3.09. The van der Waals surface area contributed by atoms with Crippen molar-refractivity contribution in [2.45, 2.75) is 0 Å². The standard InChI is InChI=1S/2C18H15P.2N3.Pd/c2*1-4-10-16(11-5-1)19(17-12-6-2-7-13-17)18-14-8-3-9-15-18;2*1-3-2;/h2*1-15H;;;/q;;2*-1;/p+2. The summed E-state index contributed by atoms with van der Waals surface area (Å²) in [5.41, 5.74) is 27.0. The summed E-state index contributed by atoms with van der Waals surface area (Å²) in [6, 6.07) is 65.0. The fraction of sp³-hybridized carbons (Fsp3) is 0. The van der Waals surface area contributed by atoms with Crippen molar-refractivity contribution in [1.29, 1.82) is 0 Å². The Hall–Kier alpha value is -4.54. The third kappa shape index (κ3) is 12.2. The topological polar surface area (TPSA) is 117 Å². The molecule has 0 N–H and O–H groups in total. The van der Waals surface area contributed by atoms with Gasteiger partial charge in [0, 0.05) is 20.4 Å². The Kier molecular flexibility index (Phi) is 18.0. The Morgan fingerprint density at radius 3 is 0.489 bits per heavy atom. The second kappa shape index (κ2) is 22.0. The molecule has 0 aliphatic rings. The Labute approximate surface area is 280 Å². The summed E-state index contributed by atoms with van der Waals surface area (Å²) >= 11 is 0. The summed E-state index contributed by atoms with van der Waals surface area (Å²) in [7, 11) is -1.75. The van der Waals surface area contributed by atoms with Crippen molar-refractivity contribution in [3.63, 3.8) is 0 Å². The molecule has 0 saturated heterocycles. The van der Waals surface area contributed by atoms with Crippen LogP contribution in [0.1, 0.15) is 0 Å². The fourth-order valence-corrected chi connectivity index (χ4v) is 9.78. The molecule has 0 aliphatic carbocycles. The number of hydrogen-bond donors (Lipinski definition) is 0. The van der Waals surface area contributed by atoms with Gasteiger partial charge in [0.2, 0.25) is 0 Å². The molecule has 6 rings (SSSR count). The predicted molar refractivity (Wildman–Crippen MR) is 193 cm³/mol. The summed E-state index contributed by atoms with van der Waals surface area (Å²) < 4.78 is 0. The quantitative estimate of drug-likeness (QED) is 0.0545. The molecular weight excluding hydrogens is 685 g/mol. The van der Waals surface area contributed by atoms with Crippen LogP contribution in [0.5, 0.6) is 0 Å². The molecule has 0 spiro atoms. The molecule has 0 bridgehead atoms. The number of benzene rings is 6.